The molecule has 0 atom stereocenters. The molecule has 0 saturated heterocycles. The van der Waals surface area contributed by atoms with Gasteiger partial charge in [-0.3, -0.25) is 4.79 Å². The predicted molar refractivity (Wildman–Crippen MR) is 136 cm³/mol. The number of aryl methyl sites for hydroxylation is 3. The van der Waals surface area contributed by atoms with E-state index >= 15 is 0 Å². The first-order valence-corrected chi connectivity index (χ1v) is 11.8. The first-order chi connectivity index (χ1) is 16.0. The van der Waals surface area contributed by atoms with Crippen molar-refractivity contribution in [3.63, 3.8) is 0 Å². The zero-order valence-electron chi connectivity index (χ0n) is 19.1. The number of ether oxygens (including phenoxy) is 1. The molecule has 0 radical (unpaired) electrons. The van der Waals surface area contributed by atoms with Crippen molar-refractivity contribution < 1.29 is 4.74 Å². The molecule has 0 spiro atoms. The molecule has 0 aliphatic carbocycles. The molecule has 33 heavy (non-hydrogen) atoms. The molecule has 0 bridgehead atoms. The molecular formula is C27H25N3O2S. The van der Waals surface area contributed by atoms with E-state index in [1.165, 1.54) is 16.7 Å². The number of thioether (sulfide) groups is 1. The highest BCUT2D eigenvalue weighted by atomic mass is 32.2. The molecule has 2 heterocycles. The Balaban J connectivity index is 1.76. The number of methoxy groups -OCH3 is 1. The van der Waals surface area contributed by atoms with Gasteiger partial charge >= 0.3 is 0 Å². The molecule has 3 aromatic carbocycles. The zero-order chi connectivity index (χ0) is 23.1. The quantitative estimate of drug-likeness (QED) is 0.257. The lowest BCUT2D eigenvalue weighted by molar-refractivity contribution is 0.411. The van der Waals surface area contributed by atoms with E-state index in [0.29, 0.717) is 33.4 Å². The summed E-state index contributed by atoms with van der Waals surface area (Å²) in [7, 11) is 1.62. The first-order valence-electron chi connectivity index (χ1n) is 10.8. The lowest BCUT2D eigenvalue weighted by atomic mass is 10.1. The largest absolute Gasteiger partial charge is 0.495 e. The molecule has 5 rings (SSSR count). The summed E-state index contributed by atoms with van der Waals surface area (Å²) in [5.74, 6) is 1.34. The van der Waals surface area contributed by atoms with Crippen LogP contribution >= 0.6 is 11.8 Å². The molecule has 0 saturated carbocycles. The van der Waals surface area contributed by atoms with Crippen molar-refractivity contribution in [1.29, 1.82) is 0 Å². The lowest BCUT2D eigenvalue weighted by Gasteiger charge is -2.16. The van der Waals surface area contributed by atoms with E-state index < -0.39 is 0 Å². The van der Waals surface area contributed by atoms with E-state index in [1.54, 1.807) is 23.4 Å². The third kappa shape index (κ3) is 3.80. The number of fused-ring (bicyclic) bond motifs is 3. The number of hydrogen-bond donors (Lipinski definition) is 1. The van der Waals surface area contributed by atoms with Gasteiger partial charge in [0.15, 0.2) is 5.16 Å². The Morgan fingerprint density at radius 2 is 1.76 bits per heavy atom. The summed E-state index contributed by atoms with van der Waals surface area (Å²) < 4.78 is 7.31. The summed E-state index contributed by atoms with van der Waals surface area (Å²) in [6, 6.07) is 20.2. The molecular weight excluding hydrogens is 430 g/mol. The number of H-pyrrole nitrogens is 1. The summed E-state index contributed by atoms with van der Waals surface area (Å²) in [4.78, 5) is 22.1. The van der Waals surface area contributed by atoms with Crippen LogP contribution in [0.2, 0.25) is 0 Å². The maximum atomic E-state index is 13.9. The summed E-state index contributed by atoms with van der Waals surface area (Å²) in [5, 5.41) is 1.59. The van der Waals surface area contributed by atoms with Gasteiger partial charge in [0, 0.05) is 16.7 Å². The standard InChI is InChI=1S/C27H25N3O2S/c1-16-9-11-18(3)19(13-16)15-33-27-29-24-20-7-5-6-8-21(20)28-25(24)26(31)30(27)22-14-17(2)10-12-23(22)32-4/h5-14,28H,15H2,1-4H3. The van der Waals surface area contributed by atoms with Gasteiger partial charge in [0.25, 0.3) is 5.56 Å². The maximum Gasteiger partial charge on any atom is 0.283 e. The van der Waals surface area contributed by atoms with E-state index in [2.05, 4.69) is 37.0 Å². The van der Waals surface area contributed by atoms with Crippen molar-refractivity contribution in [2.24, 2.45) is 0 Å². The van der Waals surface area contributed by atoms with Gasteiger partial charge in [0.05, 0.1) is 12.8 Å². The van der Waals surface area contributed by atoms with Gasteiger partial charge < -0.3 is 9.72 Å². The van der Waals surface area contributed by atoms with Gasteiger partial charge in [-0.2, -0.15) is 0 Å². The van der Waals surface area contributed by atoms with Crippen molar-refractivity contribution in [1.82, 2.24) is 14.5 Å². The van der Waals surface area contributed by atoms with E-state index in [-0.39, 0.29) is 5.56 Å². The smallest absolute Gasteiger partial charge is 0.283 e. The van der Waals surface area contributed by atoms with Gasteiger partial charge in [0.2, 0.25) is 0 Å². The van der Waals surface area contributed by atoms with Gasteiger partial charge in [-0.1, -0.05) is 59.8 Å². The number of benzene rings is 3. The van der Waals surface area contributed by atoms with Crippen molar-refractivity contribution in [2.45, 2.75) is 31.7 Å². The fraction of sp³-hybridized carbons (Fsp3) is 0.185. The Labute approximate surface area is 196 Å². The average Bonchev–Trinajstić information content (AvgIpc) is 3.19. The summed E-state index contributed by atoms with van der Waals surface area (Å²) >= 11 is 1.57. The molecule has 0 aliphatic rings. The van der Waals surface area contributed by atoms with Crippen LogP contribution in [0.15, 0.2) is 70.6 Å². The molecule has 166 valence electrons. The molecule has 0 aliphatic heterocycles. The lowest BCUT2D eigenvalue weighted by Crippen LogP contribution is -2.22. The van der Waals surface area contributed by atoms with Crippen molar-refractivity contribution in [2.75, 3.05) is 7.11 Å². The topological polar surface area (TPSA) is 59.9 Å². The highest BCUT2D eigenvalue weighted by molar-refractivity contribution is 7.98. The maximum absolute atomic E-state index is 13.9. The summed E-state index contributed by atoms with van der Waals surface area (Å²) in [6.07, 6.45) is 0. The van der Waals surface area contributed by atoms with Crippen LogP contribution < -0.4 is 10.3 Å². The highest BCUT2D eigenvalue weighted by Crippen LogP contribution is 2.32. The van der Waals surface area contributed by atoms with Crippen LogP contribution in [-0.2, 0) is 5.75 Å². The molecule has 5 aromatic rings. The monoisotopic (exact) mass is 455 g/mol. The number of para-hydroxylation sites is 1. The molecule has 0 amide bonds. The fourth-order valence-electron chi connectivity index (χ4n) is 4.12. The number of nitrogens with zero attached hydrogens (tertiary/aromatic N) is 2. The predicted octanol–water partition coefficient (Wildman–Crippen LogP) is 6.09. The van der Waals surface area contributed by atoms with Crippen LogP contribution in [0.5, 0.6) is 5.75 Å². The minimum Gasteiger partial charge on any atom is -0.495 e. The molecule has 0 unspecified atom stereocenters. The summed E-state index contributed by atoms with van der Waals surface area (Å²) in [5.41, 5.74) is 7.37. The number of rotatable bonds is 5. The average molecular weight is 456 g/mol. The molecule has 2 aromatic heterocycles. The second-order valence-electron chi connectivity index (χ2n) is 8.32. The van der Waals surface area contributed by atoms with Crippen molar-refractivity contribution >= 4 is 33.7 Å². The molecule has 5 nitrogen and oxygen atoms in total. The van der Waals surface area contributed by atoms with Crippen LogP contribution in [0.1, 0.15) is 22.3 Å². The van der Waals surface area contributed by atoms with Gasteiger partial charge in [-0.25, -0.2) is 9.55 Å². The third-order valence-electron chi connectivity index (χ3n) is 5.93. The number of aromatic amines is 1. The van der Waals surface area contributed by atoms with Crippen LogP contribution in [-0.4, -0.2) is 21.6 Å². The third-order valence-corrected chi connectivity index (χ3v) is 6.92. The fourth-order valence-corrected chi connectivity index (χ4v) is 5.19. The second kappa shape index (κ2) is 8.45. The van der Waals surface area contributed by atoms with Gasteiger partial charge in [-0.05, 0) is 55.7 Å². The van der Waals surface area contributed by atoms with E-state index in [4.69, 9.17) is 9.72 Å². The van der Waals surface area contributed by atoms with Crippen LogP contribution in [0.3, 0.4) is 0 Å². The molecule has 6 heteroatoms. The molecule has 0 fully saturated rings. The highest BCUT2D eigenvalue weighted by Gasteiger charge is 2.20. The van der Waals surface area contributed by atoms with Gasteiger partial charge in [-0.15, -0.1) is 0 Å². The van der Waals surface area contributed by atoms with Gasteiger partial charge in [0.1, 0.15) is 16.8 Å². The van der Waals surface area contributed by atoms with Crippen LogP contribution in [0.4, 0.5) is 0 Å². The number of hydrogen-bond acceptors (Lipinski definition) is 4. The number of aromatic nitrogens is 3. The summed E-state index contributed by atoms with van der Waals surface area (Å²) in [6.45, 7) is 6.21. The minimum absolute atomic E-state index is 0.136. The van der Waals surface area contributed by atoms with Crippen molar-refractivity contribution in [3.05, 3.63) is 93.3 Å². The SMILES string of the molecule is COc1ccc(C)cc1-n1c(SCc2cc(C)ccc2C)nc2c([nH]c3ccccc32)c1=O. The Morgan fingerprint density at radius 3 is 2.58 bits per heavy atom. The Kier molecular flexibility index (Phi) is 5.46. The first kappa shape index (κ1) is 21.3. The second-order valence-corrected chi connectivity index (χ2v) is 9.27. The minimum atomic E-state index is -0.136. The van der Waals surface area contributed by atoms with Crippen molar-refractivity contribution in [3.8, 4) is 11.4 Å². The number of nitrogens with one attached hydrogen (secondary N) is 1. The van der Waals surface area contributed by atoms with E-state index in [0.717, 1.165) is 16.5 Å². The molecule has 1 N–H and O–H groups in total. The Hall–Kier alpha value is -3.51. The normalized spacial score (nSPS) is 11.4. The Morgan fingerprint density at radius 1 is 1.00 bits per heavy atom. The van der Waals surface area contributed by atoms with E-state index in [9.17, 15) is 4.79 Å². The van der Waals surface area contributed by atoms with Crippen LogP contribution in [0, 0.1) is 20.8 Å². The van der Waals surface area contributed by atoms with Crippen LogP contribution in [0.25, 0.3) is 27.6 Å². The Bertz CT molecular complexity index is 1570. The van der Waals surface area contributed by atoms with E-state index in [1.807, 2.05) is 49.4 Å². The zero-order valence-corrected chi connectivity index (χ0v) is 19.9.